The Bertz CT molecular complexity index is 817. The number of halogens is 1. The van der Waals surface area contributed by atoms with E-state index in [2.05, 4.69) is 73.9 Å². The first-order valence-corrected chi connectivity index (χ1v) is 9.50. The van der Waals surface area contributed by atoms with Crippen LogP contribution in [0.15, 0.2) is 53.0 Å². The van der Waals surface area contributed by atoms with Crippen LogP contribution in [0, 0.1) is 0 Å². The van der Waals surface area contributed by atoms with E-state index in [1.807, 2.05) is 0 Å². The predicted octanol–water partition coefficient (Wildman–Crippen LogP) is 4.83. The minimum Gasteiger partial charge on any atom is -0.322 e. The molecule has 124 valence electrons. The third-order valence-corrected chi connectivity index (χ3v) is 5.33. The smallest absolute Gasteiger partial charge is 0.124 e. The van der Waals surface area contributed by atoms with Crippen molar-refractivity contribution in [1.82, 2.24) is 14.5 Å². The van der Waals surface area contributed by atoms with E-state index in [1.54, 1.807) is 0 Å². The van der Waals surface area contributed by atoms with E-state index in [-0.39, 0.29) is 0 Å². The predicted molar refractivity (Wildman–Crippen MR) is 102 cm³/mol. The summed E-state index contributed by atoms with van der Waals surface area (Å²) >= 11 is 3.52. The molecule has 1 fully saturated rings. The fourth-order valence-electron chi connectivity index (χ4n) is 3.51. The first-order valence-electron chi connectivity index (χ1n) is 8.70. The summed E-state index contributed by atoms with van der Waals surface area (Å²) in [4.78, 5) is 7.48. The molecule has 4 rings (SSSR count). The highest BCUT2D eigenvalue weighted by atomic mass is 79.9. The summed E-state index contributed by atoms with van der Waals surface area (Å²) in [6.45, 7) is 4.21. The van der Waals surface area contributed by atoms with Crippen LogP contribution in [-0.4, -0.2) is 27.5 Å². The van der Waals surface area contributed by atoms with Crippen LogP contribution in [0.4, 0.5) is 0 Å². The number of hydrogen-bond acceptors (Lipinski definition) is 2. The monoisotopic (exact) mass is 383 g/mol. The van der Waals surface area contributed by atoms with Crippen LogP contribution in [0.3, 0.4) is 0 Å². The number of imidazole rings is 1. The molecule has 2 aromatic carbocycles. The van der Waals surface area contributed by atoms with Gasteiger partial charge in [0.15, 0.2) is 0 Å². The van der Waals surface area contributed by atoms with Gasteiger partial charge in [-0.2, -0.15) is 0 Å². The van der Waals surface area contributed by atoms with Gasteiger partial charge in [-0.1, -0.05) is 46.6 Å². The van der Waals surface area contributed by atoms with Gasteiger partial charge in [0.2, 0.25) is 0 Å². The quantitative estimate of drug-likeness (QED) is 0.642. The van der Waals surface area contributed by atoms with E-state index in [9.17, 15) is 0 Å². The van der Waals surface area contributed by atoms with Crippen molar-refractivity contribution in [3.63, 3.8) is 0 Å². The molecule has 1 aliphatic heterocycles. The Morgan fingerprint density at radius 3 is 2.42 bits per heavy atom. The molecule has 0 N–H and O–H groups in total. The zero-order chi connectivity index (χ0) is 16.4. The van der Waals surface area contributed by atoms with Gasteiger partial charge in [-0.05, 0) is 55.8 Å². The maximum absolute atomic E-state index is 4.93. The molecule has 0 saturated carbocycles. The molecule has 0 spiro atoms. The van der Waals surface area contributed by atoms with Gasteiger partial charge in [-0.3, -0.25) is 4.90 Å². The fourth-order valence-corrected chi connectivity index (χ4v) is 3.78. The van der Waals surface area contributed by atoms with Crippen LogP contribution in [0.1, 0.15) is 30.7 Å². The third-order valence-electron chi connectivity index (χ3n) is 4.80. The summed E-state index contributed by atoms with van der Waals surface area (Å²) in [5, 5.41) is 0. The van der Waals surface area contributed by atoms with Gasteiger partial charge in [-0.25, -0.2) is 4.98 Å². The van der Waals surface area contributed by atoms with Gasteiger partial charge in [0, 0.05) is 11.0 Å². The lowest BCUT2D eigenvalue weighted by Crippen LogP contribution is -2.30. The first kappa shape index (κ1) is 15.9. The molecule has 0 bridgehead atoms. The summed E-state index contributed by atoms with van der Waals surface area (Å²) in [5.74, 6) is 1.18. The molecular formula is C20H22BrN3. The number of para-hydroxylation sites is 2. The molecule has 0 unspecified atom stereocenters. The Balaban J connectivity index is 1.68. The number of aromatic nitrogens is 2. The summed E-state index contributed by atoms with van der Waals surface area (Å²) in [6, 6.07) is 17.1. The summed E-state index contributed by atoms with van der Waals surface area (Å²) < 4.78 is 3.50. The van der Waals surface area contributed by atoms with Crippen molar-refractivity contribution in [2.24, 2.45) is 0 Å². The summed E-state index contributed by atoms with van der Waals surface area (Å²) in [5.41, 5.74) is 3.63. The number of likely N-dealkylation sites (tertiary alicyclic amines) is 1. The lowest BCUT2D eigenvalue weighted by Gasteiger charge is -2.26. The SMILES string of the molecule is Brc1ccc(Cn2c(CN3CCCCC3)nc3ccccc32)cc1. The highest BCUT2D eigenvalue weighted by Gasteiger charge is 2.16. The molecule has 3 aromatic rings. The lowest BCUT2D eigenvalue weighted by molar-refractivity contribution is 0.214. The third kappa shape index (κ3) is 3.40. The van der Waals surface area contributed by atoms with Crippen molar-refractivity contribution in [3.8, 4) is 0 Å². The topological polar surface area (TPSA) is 21.1 Å². The second-order valence-corrected chi connectivity index (χ2v) is 7.48. The Hall–Kier alpha value is -1.65. The van der Waals surface area contributed by atoms with Crippen LogP contribution >= 0.6 is 15.9 Å². The van der Waals surface area contributed by atoms with Crippen LogP contribution < -0.4 is 0 Å². The van der Waals surface area contributed by atoms with Crippen molar-refractivity contribution in [2.45, 2.75) is 32.4 Å². The molecular weight excluding hydrogens is 362 g/mol. The highest BCUT2D eigenvalue weighted by molar-refractivity contribution is 9.10. The van der Waals surface area contributed by atoms with Crippen LogP contribution in [0.25, 0.3) is 11.0 Å². The zero-order valence-electron chi connectivity index (χ0n) is 13.8. The van der Waals surface area contributed by atoms with E-state index in [0.717, 1.165) is 23.1 Å². The molecule has 4 heteroatoms. The Kier molecular flexibility index (Phi) is 4.67. The number of hydrogen-bond donors (Lipinski definition) is 0. The molecule has 1 aromatic heterocycles. The molecule has 3 nitrogen and oxygen atoms in total. The lowest BCUT2D eigenvalue weighted by atomic mass is 10.1. The minimum atomic E-state index is 0.872. The van der Waals surface area contributed by atoms with Crippen LogP contribution in [0.5, 0.6) is 0 Å². The number of rotatable bonds is 4. The average Bonchev–Trinajstić information content (AvgIpc) is 2.95. The summed E-state index contributed by atoms with van der Waals surface area (Å²) in [6.07, 6.45) is 3.99. The van der Waals surface area contributed by atoms with Gasteiger partial charge in [-0.15, -0.1) is 0 Å². The molecule has 1 saturated heterocycles. The molecule has 1 aliphatic rings. The Morgan fingerprint density at radius 1 is 0.875 bits per heavy atom. The van der Waals surface area contributed by atoms with Crippen LogP contribution in [0.2, 0.25) is 0 Å². The maximum Gasteiger partial charge on any atom is 0.124 e. The largest absolute Gasteiger partial charge is 0.322 e. The van der Waals surface area contributed by atoms with E-state index >= 15 is 0 Å². The molecule has 24 heavy (non-hydrogen) atoms. The number of benzene rings is 2. The maximum atomic E-state index is 4.93. The van der Waals surface area contributed by atoms with Crippen molar-refractivity contribution in [1.29, 1.82) is 0 Å². The van der Waals surface area contributed by atoms with E-state index in [0.29, 0.717) is 0 Å². The van der Waals surface area contributed by atoms with Gasteiger partial charge in [0.05, 0.1) is 17.6 Å². The number of fused-ring (bicyclic) bond motifs is 1. The van der Waals surface area contributed by atoms with Gasteiger partial charge in [0.25, 0.3) is 0 Å². The number of nitrogens with zero attached hydrogens (tertiary/aromatic N) is 3. The van der Waals surface area contributed by atoms with Crippen molar-refractivity contribution in [2.75, 3.05) is 13.1 Å². The van der Waals surface area contributed by atoms with Crippen molar-refractivity contribution in [3.05, 3.63) is 64.4 Å². The standard InChI is InChI=1S/C20H22BrN3/c21-17-10-8-16(9-11-17)14-24-19-7-3-2-6-18(19)22-20(24)15-23-12-4-1-5-13-23/h2-3,6-11H,1,4-5,12-15H2. The first-order chi connectivity index (χ1) is 11.8. The average molecular weight is 384 g/mol. The highest BCUT2D eigenvalue weighted by Crippen LogP contribution is 2.21. The fraction of sp³-hybridized carbons (Fsp3) is 0.350. The van der Waals surface area contributed by atoms with E-state index in [4.69, 9.17) is 4.98 Å². The summed E-state index contributed by atoms with van der Waals surface area (Å²) in [7, 11) is 0. The molecule has 0 amide bonds. The van der Waals surface area contributed by atoms with Crippen molar-refractivity contribution >= 4 is 27.0 Å². The Morgan fingerprint density at radius 2 is 1.62 bits per heavy atom. The Labute approximate surface area is 151 Å². The van der Waals surface area contributed by atoms with Gasteiger partial charge >= 0.3 is 0 Å². The number of piperidine rings is 1. The zero-order valence-corrected chi connectivity index (χ0v) is 15.4. The molecule has 0 radical (unpaired) electrons. The van der Waals surface area contributed by atoms with Gasteiger partial charge < -0.3 is 4.57 Å². The van der Waals surface area contributed by atoms with Crippen molar-refractivity contribution < 1.29 is 0 Å². The van der Waals surface area contributed by atoms with Gasteiger partial charge in [0.1, 0.15) is 5.82 Å². The molecule has 2 heterocycles. The normalized spacial score (nSPS) is 15.9. The van der Waals surface area contributed by atoms with Crippen LogP contribution in [-0.2, 0) is 13.1 Å². The van der Waals surface area contributed by atoms with E-state index in [1.165, 1.54) is 49.3 Å². The second kappa shape index (κ2) is 7.08. The van der Waals surface area contributed by atoms with E-state index < -0.39 is 0 Å². The molecule has 0 aliphatic carbocycles. The minimum absolute atomic E-state index is 0.872. The second-order valence-electron chi connectivity index (χ2n) is 6.57. The molecule has 0 atom stereocenters.